The lowest BCUT2D eigenvalue weighted by Crippen LogP contribution is -2.30. The second-order valence-corrected chi connectivity index (χ2v) is 7.05. The topological polar surface area (TPSA) is 70.4 Å². The summed E-state index contributed by atoms with van der Waals surface area (Å²) in [5.74, 6) is -0.481. The third-order valence-corrected chi connectivity index (χ3v) is 5.20. The van der Waals surface area contributed by atoms with Crippen LogP contribution in [-0.4, -0.2) is 35.3 Å². The van der Waals surface area contributed by atoms with Crippen LogP contribution in [0, 0.1) is 6.92 Å². The summed E-state index contributed by atoms with van der Waals surface area (Å²) in [5.41, 5.74) is 2.69. The number of aryl methyl sites for hydroxylation is 1. The highest BCUT2D eigenvalue weighted by Crippen LogP contribution is 2.31. The Morgan fingerprint density at radius 2 is 2.00 bits per heavy atom. The molecule has 0 aliphatic rings. The number of nitrogens with zero attached hydrogens (tertiary/aromatic N) is 2. The van der Waals surface area contributed by atoms with Crippen LogP contribution < -0.4 is 5.56 Å². The molecule has 3 rings (SSSR count). The molecule has 0 amide bonds. The Bertz CT molecular complexity index is 991. The third-order valence-electron chi connectivity index (χ3n) is 4.32. The van der Waals surface area contributed by atoms with Gasteiger partial charge in [-0.3, -0.25) is 9.36 Å². The largest absolute Gasteiger partial charge is 0.462 e. The van der Waals surface area contributed by atoms with Crippen molar-refractivity contribution in [1.82, 2.24) is 9.55 Å². The number of thiophene rings is 1. The van der Waals surface area contributed by atoms with E-state index >= 15 is 0 Å². The summed E-state index contributed by atoms with van der Waals surface area (Å²) >= 11 is 1.42. The smallest absolute Gasteiger partial charge is 0.329 e. The van der Waals surface area contributed by atoms with Gasteiger partial charge in [0.25, 0.3) is 5.56 Å². The van der Waals surface area contributed by atoms with E-state index in [1.165, 1.54) is 22.2 Å². The molecule has 0 saturated carbocycles. The first kappa shape index (κ1) is 19.3. The van der Waals surface area contributed by atoms with Gasteiger partial charge in [0.1, 0.15) is 17.5 Å². The molecule has 1 aromatic carbocycles. The zero-order valence-corrected chi connectivity index (χ0v) is 16.4. The SMILES string of the molecule is CCOCCOC(=O)[C@H](C)n1cnc2scc(-c3ccc(C)cc3)c2c1=O. The van der Waals surface area contributed by atoms with Crippen molar-refractivity contribution in [3.8, 4) is 11.1 Å². The Hall–Kier alpha value is -2.51. The van der Waals surface area contributed by atoms with E-state index in [-0.39, 0.29) is 12.2 Å². The summed E-state index contributed by atoms with van der Waals surface area (Å²) in [6.07, 6.45) is 1.41. The van der Waals surface area contributed by atoms with Crippen LogP contribution >= 0.6 is 11.3 Å². The van der Waals surface area contributed by atoms with Gasteiger partial charge in [0.2, 0.25) is 0 Å². The zero-order chi connectivity index (χ0) is 19.4. The van der Waals surface area contributed by atoms with Crippen LogP contribution in [0.1, 0.15) is 25.5 Å². The van der Waals surface area contributed by atoms with Crippen LogP contribution in [0.5, 0.6) is 0 Å². The van der Waals surface area contributed by atoms with Crippen LogP contribution in [-0.2, 0) is 14.3 Å². The zero-order valence-electron chi connectivity index (χ0n) is 15.6. The van der Waals surface area contributed by atoms with E-state index in [0.29, 0.717) is 23.4 Å². The number of carbonyl (C=O) groups excluding carboxylic acids is 1. The molecule has 0 unspecified atom stereocenters. The van der Waals surface area contributed by atoms with Gasteiger partial charge in [-0.2, -0.15) is 0 Å². The molecule has 27 heavy (non-hydrogen) atoms. The van der Waals surface area contributed by atoms with E-state index in [1.54, 1.807) is 6.92 Å². The minimum atomic E-state index is -0.762. The molecule has 7 heteroatoms. The van der Waals surface area contributed by atoms with Crippen LogP contribution in [0.3, 0.4) is 0 Å². The first-order chi connectivity index (χ1) is 13.0. The summed E-state index contributed by atoms with van der Waals surface area (Å²) in [5, 5.41) is 2.46. The van der Waals surface area contributed by atoms with E-state index in [1.807, 2.05) is 43.5 Å². The van der Waals surface area contributed by atoms with Gasteiger partial charge in [0, 0.05) is 17.6 Å². The lowest BCUT2D eigenvalue weighted by atomic mass is 10.1. The van der Waals surface area contributed by atoms with Gasteiger partial charge in [-0.25, -0.2) is 9.78 Å². The average molecular weight is 386 g/mol. The maximum atomic E-state index is 13.1. The number of carbonyl (C=O) groups is 1. The van der Waals surface area contributed by atoms with Gasteiger partial charge >= 0.3 is 5.97 Å². The van der Waals surface area contributed by atoms with Gasteiger partial charge in [-0.1, -0.05) is 29.8 Å². The lowest BCUT2D eigenvalue weighted by Gasteiger charge is -2.14. The summed E-state index contributed by atoms with van der Waals surface area (Å²) < 4.78 is 11.7. The fraction of sp³-hybridized carbons (Fsp3) is 0.350. The molecule has 2 heterocycles. The summed E-state index contributed by atoms with van der Waals surface area (Å²) in [4.78, 5) is 30.4. The maximum absolute atomic E-state index is 13.1. The molecule has 142 valence electrons. The average Bonchev–Trinajstić information content (AvgIpc) is 3.10. The van der Waals surface area contributed by atoms with Crippen molar-refractivity contribution in [3.63, 3.8) is 0 Å². The number of hydrogen-bond acceptors (Lipinski definition) is 6. The second kappa shape index (κ2) is 8.45. The molecule has 0 aliphatic heterocycles. The molecule has 0 saturated heterocycles. The number of benzene rings is 1. The molecule has 0 radical (unpaired) electrons. The summed E-state index contributed by atoms with van der Waals surface area (Å²) in [6.45, 7) is 6.58. The van der Waals surface area contributed by atoms with Crippen molar-refractivity contribution in [2.45, 2.75) is 26.8 Å². The molecule has 2 aromatic heterocycles. The highest BCUT2D eigenvalue weighted by atomic mass is 32.1. The van der Waals surface area contributed by atoms with E-state index in [0.717, 1.165) is 16.7 Å². The Morgan fingerprint density at radius 3 is 2.70 bits per heavy atom. The van der Waals surface area contributed by atoms with Crippen molar-refractivity contribution in [1.29, 1.82) is 0 Å². The third kappa shape index (κ3) is 4.09. The quantitative estimate of drug-likeness (QED) is 0.459. The Morgan fingerprint density at radius 1 is 1.26 bits per heavy atom. The van der Waals surface area contributed by atoms with E-state index in [9.17, 15) is 9.59 Å². The van der Waals surface area contributed by atoms with Gasteiger partial charge in [-0.15, -0.1) is 11.3 Å². The maximum Gasteiger partial charge on any atom is 0.329 e. The fourth-order valence-corrected chi connectivity index (χ4v) is 3.65. The number of aromatic nitrogens is 2. The minimum Gasteiger partial charge on any atom is -0.462 e. The van der Waals surface area contributed by atoms with Crippen molar-refractivity contribution in [3.05, 3.63) is 51.9 Å². The highest BCUT2D eigenvalue weighted by Gasteiger charge is 2.21. The first-order valence-electron chi connectivity index (χ1n) is 8.82. The molecule has 6 nitrogen and oxygen atoms in total. The first-order valence-corrected chi connectivity index (χ1v) is 9.70. The molecule has 0 fully saturated rings. The molecular weight excluding hydrogens is 364 g/mol. The van der Waals surface area contributed by atoms with Gasteiger partial charge in [0.15, 0.2) is 0 Å². The fourth-order valence-electron chi connectivity index (χ4n) is 2.75. The lowest BCUT2D eigenvalue weighted by molar-refractivity contribution is -0.148. The molecule has 3 aromatic rings. The summed E-state index contributed by atoms with van der Waals surface area (Å²) in [7, 11) is 0. The van der Waals surface area contributed by atoms with E-state index < -0.39 is 12.0 Å². The molecular formula is C20H22N2O4S. The van der Waals surface area contributed by atoms with Crippen molar-refractivity contribution < 1.29 is 14.3 Å². The predicted octanol–water partition coefficient (Wildman–Crippen LogP) is 3.57. The van der Waals surface area contributed by atoms with Gasteiger partial charge < -0.3 is 9.47 Å². The molecule has 0 N–H and O–H groups in total. The normalized spacial score (nSPS) is 12.3. The number of fused-ring (bicyclic) bond motifs is 1. The molecule has 0 bridgehead atoms. The standard InChI is InChI=1S/C20H22N2O4S/c1-4-25-9-10-26-20(24)14(3)22-12-21-18-17(19(22)23)16(11-27-18)15-7-5-13(2)6-8-15/h5-8,11-12,14H,4,9-10H2,1-3H3/t14-/m0/s1. The van der Waals surface area contributed by atoms with Crippen molar-refractivity contribution >= 4 is 27.5 Å². The van der Waals surface area contributed by atoms with Crippen LogP contribution in [0.2, 0.25) is 0 Å². The highest BCUT2D eigenvalue weighted by molar-refractivity contribution is 7.17. The van der Waals surface area contributed by atoms with Gasteiger partial charge in [0.05, 0.1) is 18.3 Å². The Balaban J connectivity index is 1.92. The predicted molar refractivity (Wildman–Crippen MR) is 106 cm³/mol. The van der Waals surface area contributed by atoms with E-state index in [4.69, 9.17) is 9.47 Å². The Labute approximate surface area is 161 Å². The second-order valence-electron chi connectivity index (χ2n) is 6.19. The van der Waals surface area contributed by atoms with Crippen LogP contribution in [0.15, 0.2) is 40.8 Å². The van der Waals surface area contributed by atoms with E-state index in [2.05, 4.69) is 4.98 Å². The van der Waals surface area contributed by atoms with Crippen LogP contribution in [0.4, 0.5) is 0 Å². The van der Waals surface area contributed by atoms with Crippen molar-refractivity contribution in [2.24, 2.45) is 0 Å². The van der Waals surface area contributed by atoms with Crippen LogP contribution in [0.25, 0.3) is 21.3 Å². The minimum absolute atomic E-state index is 0.161. The molecule has 1 atom stereocenters. The van der Waals surface area contributed by atoms with Gasteiger partial charge in [-0.05, 0) is 26.3 Å². The number of hydrogen-bond donors (Lipinski definition) is 0. The number of rotatable bonds is 7. The number of ether oxygens (including phenoxy) is 2. The summed E-state index contributed by atoms with van der Waals surface area (Å²) in [6, 6.07) is 7.22. The monoisotopic (exact) mass is 386 g/mol. The number of esters is 1. The van der Waals surface area contributed by atoms with Crippen molar-refractivity contribution in [2.75, 3.05) is 19.8 Å². The Kier molecular flexibility index (Phi) is 6.03. The molecule has 0 spiro atoms. The molecule has 0 aliphatic carbocycles.